The lowest BCUT2D eigenvalue weighted by Crippen LogP contribution is -2.37. The van der Waals surface area contributed by atoms with E-state index in [1.54, 1.807) is 5.57 Å². The Morgan fingerprint density at radius 3 is 2.28 bits per heavy atom. The Morgan fingerprint density at radius 2 is 1.44 bits per heavy atom. The van der Waals surface area contributed by atoms with Gasteiger partial charge >= 0.3 is 0 Å². The van der Waals surface area contributed by atoms with E-state index in [9.17, 15) is 0 Å². The molecular weight excluding hydrogens is 687 g/mol. The van der Waals surface area contributed by atoms with Crippen LogP contribution in [0.15, 0.2) is 176 Å². The molecule has 0 aliphatic heterocycles. The summed E-state index contributed by atoms with van der Waals surface area (Å²) in [6, 6.07) is 34.3. The molecule has 0 heterocycles. The number of fused-ring (bicyclic) bond motifs is 6. The highest BCUT2D eigenvalue weighted by atomic mass is 15.2. The normalized spacial score (nSPS) is 28.2. The van der Waals surface area contributed by atoms with Crippen molar-refractivity contribution in [3.05, 3.63) is 209 Å². The summed E-state index contributed by atoms with van der Waals surface area (Å²) >= 11 is 0. The number of anilines is 2. The molecule has 11 rings (SSSR count). The molecular formula is C56H53N. The van der Waals surface area contributed by atoms with Crippen LogP contribution in [0, 0.1) is 17.8 Å². The van der Waals surface area contributed by atoms with Gasteiger partial charge in [0.1, 0.15) is 0 Å². The van der Waals surface area contributed by atoms with Crippen LogP contribution in [0.25, 0.3) is 16.7 Å². The maximum atomic E-state index is 2.73. The minimum Gasteiger partial charge on any atom is -0.334 e. The van der Waals surface area contributed by atoms with E-state index < -0.39 is 0 Å². The van der Waals surface area contributed by atoms with Crippen molar-refractivity contribution in [1.82, 2.24) is 0 Å². The van der Waals surface area contributed by atoms with Crippen molar-refractivity contribution in [2.75, 3.05) is 4.90 Å². The largest absolute Gasteiger partial charge is 0.334 e. The summed E-state index contributed by atoms with van der Waals surface area (Å²) in [5, 5.41) is 0. The molecule has 0 saturated carbocycles. The Bertz CT molecular complexity index is 2510. The molecule has 0 spiro atoms. The van der Waals surface area contributed by atoms with E-state index >= 15 is 0 Å². The van der Waals surface area contributed by atoms with Crippen molar-refractivity contribution in [3.8, 4) is 11.1 Å². The van der Waals surface area contributed by atoms with Gasteiger partial charge in [0.25, 0.3) is 0 Å². The third-order valence-electron chi connectivity index (χ3n) is 14.8. The first kappa shape index (κ1) is 34.8. The molecule has 0 amide bonds. The summed E-state index contributed by atoms with van der Waals surface area (Å²) in [6.45, 7) is 4.84. The average molecular weight is 740 g/mol. The highest BCUT2D eigenvalue weighted by molar-refractivity contribution is 5.89. The van der Waals surface area contributed by atoms with Crippen LogP contribution in [-0.4, -0.2) is 6.04 Å². The van der Waals surface area contributed by atoms with Gasteiger partial charge in [-0.3, -0.25) is 0 Å². The summed E-state index contributed by atoms with van der Waals surface area (Å²) in [6.07, 6.45) is 41.1. The second kappa shape index (κ2) is 13.6. The van der Waals surface area contributed by atoms with E-state index in [2.05, 4.69) is 189 Å². The average Bonchev–Trinajstić information content (AvgIpc) is 3.69. The smallest absolute Gasteiger partial charge is 0.0529 e. The van der Waals surface area contributed by atoms with E-state index in [4.69, 9.17) is 0 Å². The van der Waals surface area contributed by atoms with Crippen molar-refractivity contribution in [2.45, 2.75) is 81.6 Å². The molecule has 0 bridgehead atoms. The number of nitrogens with zero attached hydrogens (tertiary/aromatic N) is 1. The Labute approximate surface area is 339 Å². The van der Waals surface area contributed by atoms with Gasteiger partial charge in [-0.05, 0) is 143 Å². The quantitative estimate of drug-likeness (QED) is 0.178. The molecule has 0 saturated heterocycles. The van der Waals surface area contributed by atoms with Gasteiger partial charge in [0.2, 0.25) is 0 Å². The number of hydrogen-bond donors (Lipinski definition) is 0. The molecule has 0 aromatic heterocycles. The topological polar surface area (TPSA) is 3.24 Å². The summed E-state index contributed by atoms with van der Waals surface area (Å²) in [4.78, 5) is 2.73. The van der Waals surface area contributed by atoms with Gasteiger partial charge in [0.05, 0.1) is 11.5 Å². The van der Waals surface area contributed by atoms with Crippen molar-refractivity contribution in [1.29, 1.82) is 0 Å². The summed E-state index contributed by atoms with van der Waals surface area (Å²) in [5.41, 5.74) is 16.8. The van der Waals surface area contributed by atoms with Crippen LogP contribution in [0.2, 0.25) is 0 Å². The van der Waals surface area contributed by atoms with Crippen LogP contribution in [0.3, 0.4) is 0 Å². The van der Waals surface area contributed by atoms with E-state index in [0.29, 0.717) is 17.8 Å². The fourth-order valence-corrected chi connectivity index (χ4v) is 12.0. The Hall–Kier alpha value is -5.40. The lowest BCUT2D eigenvalue weighted by Gasteiger charge is -2.42. The van der Waals surface area contributed by atoms with Crippen LogP contribution in [0.1, 0.15) is 98.1 Å². The predicted molar refractivity (Wildman–Crippen MR) is 240 cm³/mol. The molecule has 282 valence electrons. The molecule has 1 heteroatoms. The van der Waals surface area contributed by atoms with E-state index in [1.165, 1.54) is 74.3 Å². The van der Waals surface area contributed by atoms with Crippen LogP contribution in [-0.2, 0) is 10.8 Å². The van der Waals surface area contributed by atoms with Crippen LogP contribution < -0.4 is 4.90 Å². The Balaban J connectivity index is 1.13. The lowest BCUT2D eigenvalue weighted by molar-refractivity contribution is 0.349. The minimum absolute atomic E-state index is 0.0243. The monoisotopic (exact) mass is 739 g/mol. The second-order valence-corrected chi connectivity index (χ2v) is 18.1. The summed E-state index contributed by atoms with van der Waals surface area (Å²) in [5.74, 6) is 1.91. The molecule has 1 nitrogen and oxygen atoms in total. The van der Waals surface area contributed by atoms with Gasteiger partial charge in [-0.25, -0.2) is 0 Å². The van der Waals surface area contributed by atoms with Crippen LogP contribution in [0.4, 0.5) is 11.4 Å². The zero-order chi connectivity index (χ0) is 38.1. The van der Waals surface area contributed by atoms with Crippen LogP contribution >= 0.6 is 0 Å². The summed E-state index contributed by atoms with van der Waals surface area (Å²) in [7, 11) is 0. The SMILES string of the molecule is CC1(C)C2=C(CCC=C2)c2cc(N(c3ccc4c(c3)C(c3ccccc3)(C3C=CC=CC3)c3ccc(C5C=CC=CC5)cc3-4)C3C=CC4C=CCCC4C3)ccc21. The maximum absolute atomic E-state index is 2.73. The van der Waals surface area contributed by atoms with E-state index in [-0.39, 0.29) is 22.8 Å². The van der Waals surface area contributed by atoms with Crippen LogP contribution in [0.5, 0.6) is 0 Å². The third kappa shape index (κ3) is 5.41. The maximum Gasteiger partial charge on any atom is 0.0529 e. The van der Waals surface area contributed by atoms with Gasteiger partial charge < -0.3 is 4.90 Å². The van der Waals surface area contributed by atoms with Gasteiger partial charge in [0.15, 0.2) is 0 Å². The first-order chi connectivity index (χ1) is 28.0. The first-order valence-corrected chi connectivity index (χ1v) is 21.7. The number of hydrogen-bond acceptors (Lipinski definition) is 1. The fourth-order valence-electron chi connectivity index (χ4n) is 12.0. The zero-order valence-electron chi connectivity index (χ0n) is 33.4. The zero-order valence-corrected chi connectivity index (χ0v) is 33.4. The van der Waals surface area contributed by atoms with E-state index in [1.807, 2.05) is 0 Å². The second-order valence-electron chi connectivity index (χ2n) is 18.1. The molecule has 0 fully saturated rings. The highest BCUT2D eigenvalue weighted by Gasteiger charge is 2.50. The lowest BCUT2D eigenvalue weighted by atomic mass is 9.62. The number of benzene rings is 4. The Morgan fingerprint density at radius 1 is 0.614 bits per heavy atom. The minimum atomic E-state index is -0.326. The van der Waals surface area contributed by atoms with Crippen molar-refractivity contribution < 1.29 is 0 Å². The molecule has 0 radical (unpaired) electrons. The Kier molecular flexibility index (Phi) is 8.32. The third-order valence-corrected chi connectivity index (χ3v) is 14.8. The molecule has 7 aliphatic carbocycles. The van der Waals surface area contributed by atoms with Gasteiger partial charge in [0, 0.05) is 22.7 Å². The first-order valence-electron chi connectivity index (χ1n) is 21.7. The molecule has 4 aromatic carbocycles. The standard InChI is InChI=1S/C56H53N/c1-55(2)51-25-15-14-24-47(51)50-36-45(30-33-52(50)55)57(44-28-26-39-18-12-13-19-40(39)34-44)46-29-31-48-49-35-41(38-16-6-3-7-17-38)27-32-53(49)56(54(48)37-46,42-20-8-4-9-21-42)43-22-10-5-11-23-43/h3-12,15-16,18,20-22,25-33,35-40,43-44H,13-14,17,19,23-24,34H2,1-2H3. The van der Waals surface area contributed by atoms with Gasteiger partial charge in [-0.1, -0.05) is 160 Å². The van der Waals surface area contributed by atoms with Crippen molar-refractivity contribution in [2.24, 2.45) is 17.8 Å². The molecule has 6 atom stereocenters. The number of allylic oxidation sites excluding steroid dienone is 15. The molecule has 7 aliphatic rings. The predicted octanol–water partition coefficient (Wildman–Crippen LogP) is 14.2. The summed E-state index contributed by atoms with van der Waals surface area (Å²) < 4.78 is 0. The van der Waals surface area contributed by atoms with E-state index in [0.717, 1.165) is 32.1 Å². The molecule has 4 aromatic rings. The molecule has 6 unspecified atom stereocenters. The number of rotatable bonds is 6. The highest BCUT2D eigenvalue weighted by Crippen LogP contribution is 2.60. The van der Waals surface area contributed by atoms with Crippen molar-refractivity contribution >= 4 is 16.9 Å². The van der Waals surface area contributed by atoms with Crippen molar-refractivity contribution in [3.63, 3.8) is 0 Å². The van der Waals surface area contributed by atoms with Gasteiger partial charge in [-0.2, -0.15) is 0 Å². The fraction of sp³-hybridized carbons (Fsp3) is 0.286. The van der Waals surface area contributed by atoms with Gasteiger partial charge in [-0.15, -0.1) is 0 Å². The molecule has 0 N–H and O–H groups in total. The molecule has 57 heavy (non-hydrogen) atoms.